The SMILES string of the molecule is CCn1c(-c2cnc(C)nc2)nc2c(O[C@H]3CCN(C(=O)N4CCC4C)C3)ncnc21. The van der Waals surface area contributed by atoms with Crippen LogP contribution in [0.1, 0.15) is 32.5 Å². The monoisotopic (exact) mass is 422 g/mol. The Hall–Kier alpha value is -3.30. The van der Waals surface area contributed by atoms with E-state index in [9.17, 15) is 4.79 Å². The van der Waals surface area contributed by atoms with Crippen molar-refractivity contribution in [2.24, 2.45) is 0 Å². The van der Waals surface area contributed by atoms with Crippen LogP contribution in [0, 0.1) is 6.92 Å². The lowest BCUT2D eigenvalue weighted by Gasteiger charge is -2.40. The number of carbonyl (C=O) groups is 1. The summed E-state index contributed by atoms with van der Waals surface area (Å²) in [6.07, 6.45) is 6.76. The molecule has 0 aromatic carbocycles. The van der Waals surface area contributed by atoms with Crippen molar-refractivity contribution in [3.05, 3.63) is 24.5 Å². The fraction of sp³-hybridized carbons (Fsp3) is 0.524. The Kier molecular flexibility index (Phi) is 4.91. The van der Waals surface area contributed by atoms with Crippen LogP contribution < -0.4 is 4.74 Å². The molecule has 2 fully saturated rings. The average Bonchev–Trinajstić information content (AvgIpc) is 3.38. The van der Waals surface area contributed by atoms with Gasteiger partial charge in [0.25, 0.3) is 0 Å². The zero-order chi connectivity index (χ0) is 21.5. The number of nitrogens with zero attached hydrogens (tertiary/aromatic N) is 8. The second-order valence-corrected chi connectivity index (χ2v) is 8.14. The zero-order valence-electron chi connectivity index (χ0n) is 18.0. The summed E-state index contributed by atoms with van der Waals surface area (Å²) < 4.78 is 8.23. The van der Waals surface area contributed by atoms with E-state index < -0.39 is 0 Å². The average molecular weight is 422 g/mol. The summed E-state index contributed by atoms with van der Waals surface area (Å²) in [7, 11) is 0. The maximum atomic E-state index is 12.7. The molecule has 0 aliphatic carbocycles. The van der Waals surface area contributed by atoms with Gasteiger partial charge in [-0.1, -0.05) is 0 Å². The summed E-state index contributed by atoms with van der Waals surface area (Å²) in [5.41, 5.74) is 2.14. The van der Waals surface area contributed by atoms with Gasteiger partial charge in [0, 0.05) is 44.5 Å². The van der Waals surface area contributed by atoms with Crippen LogP contribution in [-0.2, 0) is 6.54 Å². The van der Waals surface area contributed by atoms with Crippen LogP contribution in [0.3, 0.4) is 0 Å². The summed E-state index contributed by atoms with van der Waals surface area (Å²) in [6, 6.07) is 0.436. The van der Waals surface area contributed by atoms with Crippen molar-refractivity contribution < 1.29 is 9.53 Å². The molecule has 10 nitrogen and oxygen atoms in total. The minimum atomic E-state index is -0.114. The number of hydrogen-bond acceptors (Lipinski definition) is 7. The molecule has 5 rings (SSSR count). The van der Waals surface area contributed by atoms with Crippen LogP contribution in [0.5, 0.6) is 5.88 Å². The largest absolute Gasteiger partial charge is 0.471 e. The Morgan fingerprint density at radius 3 is 2.65 bits per heavy atom. The third-order valence-electron chi connectivity index (χ3n) is 6.11. The molecular formula is C21H26N8O2. The predicted molar refractivity (Wildman–Crippen MR) is 114 cm³/mol. The van der Waals surface area contributed by atoms with E-state index in [2.05, 4.69) is 26.9 Å². The minimum absolute atomic E-state index is 0.106. The Morgan fingerprint density at radius 1 is 1.16 bits per heavy atom. The molecule has 0 saturated carbocycles. The molecule has 162 valence electrons. The first-order valence-electron chi connectivity index (χ1n) is 10.8. The molecule has 31 heavy (non-hydrogen) atoms. The molecule has 5 heterocycles. The van der Waals surface area contributed by atoms with Crippen LogP contribution in [0.2, 0.25) is 0 Å². The quantitative estimate of drug-likeness (QED) is 0.635. The van der Waals surface area contributed by atoms with Crippen molar-refractivity contribution in [2.45, 2.75) is 52.3 Å². The highest BCUT2D eigenvalue weighted by atomic mass is 16.5. The number of hydrogen-bond donors (Lipinski definition) is 0. The van der Waals surface area contributed by atoms with Gasteiger partial charge < -0.3 is 19.1 Å². The molecule has 0 radical (unpaired) electrons. The molecule has 1 unspecified atom stereocenters. The van der Waals surface area contributed by atoms with E-state index in [1.54, 1.807) is 12.4 Å². The first kappa shape index (κ1) is 19.7. The molecule has 2 saturated heterocycles. The van der Waals surface area contributed by atoms with Crippen molar-refractivity contribution >= 4 is 17.2 Å². The van der Waals surface area contributed by atoms with E-state index in [0.29, 0.717) is 48.5 Å². The number of carbonyl (C=O) groups excluding carboxylic acids is 1. The third kappa shape index (κ3) is 3.45. The normalized spacial score (nSPS) is 20.9. The highest BCUT2D eigenvalue weighted by Crippen LogP contribution is 2.29. The lowest BCUT2D eigenvalue weighted by Crippen LogP contribution is -2.54. The number of amides is 2. The summed E-state index contributed by atoms with van der Waals surface area (Å²) in [5, 5.41) is 0. The maximum Gasteiger partial charge on any atom is 0.320 e. The number of aryl methyl sites for hydroxylation is 2. The second kappa shape index (κ2) is 7.75. The zero-order valence-corrected chi connectivity index (χ0v) is 18.0. The highest BCUT2D eigenvalue weighted by Gasteiger charge is 2.36. The van der Waals surface area contributed by atoms with Gasteiger partial charge in [0.15, 0.2) is 11.2 Å². The first-order chi connectivity index (χ1) is 15.0. The number of aromatic nitrogens is 6. The number of likely N-dealkylation sites (tertiary alicyclic amines) is 2. The molecule has 0 spiro atoms. The van der Waals surface area contributed by atoms with E-state index >= 15 is 0 Å². The molecule has 2 aliphatic rings. The topological polar surface area (TPSA) is 102 Å². The van der Waals surface area contributed by atoms with Gasteiger partial charge >= 0.3 is 6.03 Å². The van der Waals surface area contributed by atoms with E-state index in [-0.39, 0.29) is 12.1 Å². The standard InChI is InChI=1S/C21H26N8O2/c1-4-28-18(15-9-22-14(3)23-10-15)26-17-19(28)24-12-25-20(17)31-16-6-7-27(11-16)21(30)29-8-5-13(29)2/h9-10,12-13,16H,4-8,11H2,1-3H3/t13?,16-/m0/s1. The highest BCUT2D eigenvalue weighted by molar-refractivity contribution is 5.81. The van der Waals surface area contributed by atoms with Crippen LogP contribution in [-0.4, -0.2) is 77.1 Å². The molecule has 3 aromatic heterocycles. The van der Waals surface area contributed by atoms with Crippen LogP contribution in [0.4, 0.5) is 4.79 Å². The van der Waals surface area contributed by atoms with Crippen molar-refractivity contribution in [2.75, 3.05) is 19.6 Å². The van der Waals surface area contributed by atoms with Crippen molar-refractivity contribution in [3.63, 3.8) is 0 Å². The molecule has 2 atom stereocenters. The fourth-order valence-electron chi connectivity index (χ4n) is 4.17. The Morgan fingerprint density at radius 2 is 1.97 bits per heavy atom. The van der Waals surface area contributed by atoms with Gasteiger partial charge in [-0.15, -0.1) is 0 Å². The molecular weight excluding hydrogens is 396 g/mol. The third-order valence-corrected chi connectivity index (χ3v) is 6.11. The number of rotatable bonds is 4. The van der Waals surface area contributed by atoms with Crippen molar-refractivity contribution in [1.82, 2.24) is 39.3 Å². The van der Waals surface area contributed by atoms with E-state index in [0.717, 1.165) is 30.8 Å². The Labute approximate surface area is 180 Å². The van der Waals surface area contributed by atoms with Crippen LogP contribution in [0.15, 0.2) is 18.7 Å². The number of urea groups is 1. The summed E-state index contributed by atoms with van der Waals surface area (Å²) in [6.45, 7) is 8.76. The van der Waals surface area contributed by atoms with Crippen molar-refractivity contribution in [3.8, 4) is 17.3 Å². The van der Waals surface area contributed by atoms with Crippen molar-refractivity contribution in [1.29, 1.82) is 0 Å². The lowest BCUT2D eigenvalue weighted by atomic mass is 10.1. The smallest absolute Gasteiger partial charge is 0.320 e. The second-order valence-electron chi connectivity index (χ2n) is 8.14. The van der Waals surface area contributed by atoms with E-state index in [4.69, 9.17) is 9.72 Å². The Balaban J connectivity index is 1.39. The van der Waals surface area contributed by atoms with Gasteiger partial charge in [0.2, 0.25) is 5.88 Å². The summed E-state index contributed by atoms with van der Waals surface area (Å²) in [5.74, 6) is 1.89. The van der Waals surface area contributed by atoms with Gasteiger partial charge in [-0.2, -0.15) is 4.98 Å². The molecule has 3 aromatic rings. The Bertz CT molecular complexity index is 1110. The summed E-state index contributed by atoms with van der Waals surface area (Å²) in [4.78, 5) is 38.6. The van der Waals surface area contributed by atoms with Gasteiger partial charge in [-0.3, -0.25) is 0 Å². The summed E-state index contributed by atoms with van der Waals surface area (Å²) >= 11 is 0. The molecule has 0 N–H and O–H groups in total. The predicted octanol–water partition coefficient (Wildman–Crippen LogP) is 2.28. The number of imidazole rings is 1. The number of ether oxygens (including phenoxy) is 1. The van der Waals surface area contributed by atoms with Gasteiger partial charge in [0.05, 0.1) is 12.1 Å². The lowest BCUT2D eigenvalue weighted by molar-refractivity contribution is 0.0945. The van der Waals surface area contributed by atoms with E-state index in [1.807, 2.05) is 28.2 Å². The molecule has 2 amide bonds. The van der Waals surface area contributed by atoms with Gasteiger partial charge in [0.1, 0.15) is 24.1 Å². The van der Waals surface area contributed by atoms with Gasteiger partial charge in [-0.25, -0.2) is 24.7 Å². The molecule has 0 bridgehead atoms. The number of fused-ring (bicyclic) bond motifs is 1. The van der Waals surface area contributed by atoms with Crippen LogP contribution >= 0.6 is 0 Å². The first-order valence-corrected chi connectivity index (χ1v) is 10.8. The minimum Gasteiger partial charge on any atom is -0.471 e. The van der Waals surface area contributed by atoms with Gasteiger partial charge in [-0.05, 0) is 27.2 Å². The maximum absolute atomic E-state index is 12.7. The molecule has 10 heteroatoms. The van der Waals surface area contributed by atoms with E-state index in [1.165, 1.54) is 6.33 Å². The fourth-order valence-corrected chi connectivity index (χ4v) is 4.17. The molecule has 2 aliphatic heterocycles. The van der Waals surface area contributed by atoms with Crippen LogP contribution in [0.25, 0.3) is 22.6 Å².